The first kappa shape index (κ1) is 8.60. The Morgan fingerprint density at radius 2 is 1.64 bits per heavy atom. The zero-order valence-electron chi connectivity index (χ0n) is 5.49. The van der Waals surface area contributed by atoms with Gasteiger partial charge in [0.05, 0.1) is 5.52 Å². The largest absolute Gasteiger partial charge is 0.256 e. The molecule has 0 radical (unpaired) electrons. The standard InChI is InChI=1S/C9H7N.In.3H/c1-2-6-9-8(4-1)5-3-7-10-9;;;;/h1-7H;;;;. The van der Waals surface area contributed by atoms with E-state index in [0.29, 0.717) is 0 Å². The third kappa shape index (κ3) is 1.74. The summed E-state index contributed by atoms with van der Waals surface area (Å²) in [6.45, 7) is 0. The maximum Gasteiger partial charge on any atom is 0.0701 e. The Bertz CT molecular complexity index is 281. The van der Waals surface area contributed by atoms with Crippen molar-refractivity contribution in [2.24, 2.45) is 0 Å². The van der Waals surface area contributed by atoms with Crippen LogP contribution in [0.25, 0.3) is 10.9 Å². The minimum Gasteiger partial charge on any atom is -0.256 e. The van der Waals surface area contributed by atoms with E-state index in [0.717, 1.165) is 5.52 Å². The van der Waals surface area contributed by atoms with Crippen molar-refractivity contribution < 1.29 is 0 Å². The monoisotopic (exact) mass is 247 g/mol. The summed E-state index contributed by atoms with van der Waals surface area (Å²) in [6.07, 6.45) is 1.81. The molecule has 2 rings (SSSR count). The van der Waals surface area contributed by atoms with Crippen LogP contribution in [0.3, 0.4) is 0 Å². The number of pyridine rings is 1. The Balaban J connectivity index is 0.000000605. The number of benzene rings is 1. The van der Waals surface area contributed by atoms with Gasteiger partial charge in [0.15, 0.2) is 0 Å². The van der Waals surface area contributed by atoms with Crippen LogP contribution in [0.15, 0.2) is 42.6 Å². The molecule has 0 bridgehead atoms. The van der Waals surface area contributed by atoms with E-state index in [-0.39, 0.29) is 25.8 Å². The van der Waals surface area contributed by atoms with E-state index < -0.39 is 0 Å². The van der Waals surface area contributed by atoms with E-state index in [1.54, 1.807) is 0 Å². The normalized spacial score (nSPS) is 9.09. The molecular formula is C9H10InN. The third-order valence-corrected chi connectivity index (χ3v) is 1.51. The summed E-state index contributed by atoms with van der Waals surface area (Å²) in [6, 6.07) is 12.1. The van der Waals surface area contributed by atoms with Gasteiger partial charge in [-0.05, 0) is 12.1 Å². The number of fused-ring (bicyclic) bond motifs is 1. The maximum atomic E-state index is 4.18. The van der Waals surface area contributed by atoms with Crippen LogP contribution in [0, 0.1) is 0 Å². The first-order valence-corrected chi connectivity index (χ1v) is 3.26. The summed E-state index contributed by atoms with van der Waals surface area (Å²) in [7, 11) is 0. The van der Waals surface area contributed by atoms with Crippen molar-refractivity contribution in [2.45, 2.75) is 0 Å². The van der Waals surface area contributed by atoms with Crippen molar-refractivity contribution in [3.8, 4) is 0 Å². The van der Waals surface area contributed by atoms with E-state index in [1.807, 2.05) is 30.5 Å². The number of nitrogens with zero attached hydrogens (tertiary/aromatic N) is 1. The van der Waals surface area contributed by atoms with Crippen LogP contribution in [0.2, 0.25) is 0 Å². The topological polar surface area (TPSA) is 12.9 Å². The summed E-state index contributed by atoms with van der Waals surface area (Å²) in [4.78, 5) is 4.18. The van der Waals surface area contributed by atoms with Crippen molar-refractivity contribution in [1.29, 1.82) is 0 Å². The molecule has 0 fully saturated rings. The van der Waals surface area contributed by atoms with E-state index in [9.17, 15) is 0 Å². The van der Waals surface area contributed by atoms with Gasteiger partial charge >= 0.3 is 25.8 Å². The first-order chi connectivity index (χ1) is 4.97. The van der Waals surface area contributed by atoms with Crippen LogP contribution in [0.1, 0.15) is 0 Å². The predicted octanol–water partition coefficient (Wildman–Crippen LogP) is 1.05. The van der Waals surface area contributed by atoms with Crippen molar-refractivity contribution >= 4 is 36.7 Å². The van der Waals surface area contributed by atoms with Crippen LogP contribution in [-0.2, 0) is 0 Å². The predicted molar refractivity (Wildman–Crippen MR) is 51.7 cm³/mol. The molecule has 11 heavy (non-hydrogen) atoms. The van der Waals surface area contributed by atoms with E-state index in [1.165, 1.54) is 5.39 Å². The molecule has 0 aliphatic rings. The summed E-state index contributed by atoms with van der Waals surface area (Å²) in [5.74, 6) is 0. The molecule has 2 heteroatoms. The molecule has 54 valence electrons. The van der Waals surface area contributed by atoms with Gasteiger partial charge in [0.1, 0.15) is 0 Å². The zero-order valence-corrected chi connectivity index (χ0v) is 5.49. The number of rotatable bonds is 0. The molecular weight excluding hydrogens is 237 g/mol. The SMILES string of the molecule is [InH3].c1ccc2ncccc2c1. The second-order valence-corrected chi connectivity index (χ2v) is 2.20. The average molecular weight is 247 g/mol. The smallest absolute Gasteiger partial charge is 0.0701 e. The van der Waals surface area contributed by atoms with Gasteiger partial charge in [-0.15, -0.1) is 0 Å². The summed E-state index contributed by atoms with van der Waals surface area (Å²) >= 11 is 0. The average Bonchev–Trinajstić information content (AvgIpc) is 2.05. The van der Waals surface area contributed by atoms with Crippen molar-refractivity contribution in [2.75, 3.05) is 0 Å². The molecule has 1 aromatic heterocycles. The molecule has 1 nitrogen and oxygen atoms in total. The number of hydrogen-bond donors (Lipinski definition) is 0. The summed E-state index contributed by atoms with van der Waals surface area (Å²) in [5, 5.41) is 1.20. The fourth-order valence-corrected chi connectivity index (χ4v) is 1.02. The molecule has 0 aliphatic heterocycles. The van der Waals surface area contributed by atoms with E-state index in [2.05, 4.69) is 17.1 Å². The van der Waals surface area contributed by atoms with Gasteiger partial charge in [0, 0.05) is 11.6 Å². The molecule has 0 saturated carbocycles. The molecule has 2 aromatic rings. The van der Waals surface area contributed by atoms with Gasteiger partial charge in [-0.2, -0.15) is 0 Å². The van der Waals surface area contributed by atoms with Crippen molar-refractivity contribution in [3.05, 3.63) is 42.6 Å². The van der Waals surface area contributed by atoms with Gasteiger partial charge in [0.2, 0.25) is 0 Å². The Kier molecular flexibility index (Phi) is 2.94. The van der Waals surface area contributed by atoms with Crippen molar-refractivity contribution in [1.82, 2.24) is 4.98 Å². The van der Waals surface area contributed by atoms with Gasteiger partial charge in [-0.1, -0.05) is 24.3 Å². The molecule has 0 spiro atoms. The maximum absolute atomic E-state index is 4.18. The summed E-state index contributed by atoms with van der Waals surface area (Å²) < 4.78 is 0. The molecule has 1 aromatic carbocycles. The number of aromatic nitrogens is 1. The Morgan fingerprint density at radius 1 is 0.909 bits per heavy atom. The number of hydrogen-bond acceptors (Lipinski definition) is 1. The van der Waals surface area contributed by atoms with Crippen molar-refractivity contribution in [3.63, 3.8) is 0 Å². The Morgan fingerprint density at radius 3 is 2.45 bits per heavy atom. The second kappa shape index (κ2) is 3.77. The second-order valence-electron chi connectivity index (χ2n) is 2.20. The zero-order chi connectivity index (χ0) is 6.81. The molecule has 0 N–H and O–H groups in total. The minimum atomic E-state index is 0. The molecule has 1 heterocycles. The molecule has 0 amide bonds. The van der Waals surface area contributed by atoms with E-state index in [4.69, 9.17) is 0 Å². The molecule has 0 atom stereocenters. The molecule has 0 saturated heterocycles. The fraction of sp³-hybridized carbons (Fsp3) is 0. The number of para-hydroxylation sites is 1. The Labute approximate surface area is 84.2 Å². The Hall–Kier alpha value is -0.500. The van der Waals surface area contributed by atoms with E-state index >= 15 is 0 Å². The fourth-order valence-electron chi connectivity index (χ4n) is 1.02. The third-order valence-electron chi connectivity index (χ3n) is 1.51. The van der Waals surface area contributed by atoms with Gasteiger partial charge in [-0.25, -0.2) is 0 Å². The van der Waals surface area contributed by atoms with Crippen LogP contribution in [-0.4, -0.2) is 30.8 Å². The van der Waals surface area contributed by atoms with Crippen LogP contribution in [0.5, 0.6) is 0 Å². The first-order valence-electron chi connectivity index (χ1n) is 3.26. The summed E-state index contributed by atoms with van der Waals surface area (Å²) in [5.41, 5.74) is 1.06. The quantitative estimate of drug-likeness (QED) is 0.678. The minimum absolute atomic E-state index is 0. The van der Waals surface area contributed by atoms with Crippen LogP contribution >= 0.6 is 0 Å². The van der Waals surface area contributed by atoms with Crippen LogP contribution in [0.4, 0.5) is 0 Å². The van der Waals surface area contributed by atoms with Gasteiger partial charge in [0.25, 0.3) is 0 Å². The van der Waals surface area contributed by atoms with Crippen LogP contribution < -0.4 is 0 Å². The van der Waals surface area contributed by atoms with Gasteiger partial charge < -0.3 is 0 Å². The molecule has 0 unspecified atom stereocenters. The molecule has 0 aliphatic carbocycles. The van der Waals surface area contributed by atoms with Gasteiger partial charge in [-0.3, -0.25) is 4.98 Å².